The van der Waals surface area contributed by atoms with Gasteiger partial charge < -0.3 is 19.3 Å². The smallest absolute Gasteiger partial charge is 0.115 e. The van der Waals surface area contributed by atoms with E-state index in [1.807, 2.05) is 12.1 Å². The van der Waals surface area contributed by atoms with Gasteiger partial charge in [0.25, 0.3) is 0 Å². The fourth-order valence-corrected chi connectivity index (χ4v) is 4.19. The van der Waals surface area contributed by atoms with Gasteiger partial charge in [-0.3, -0.25) is 0 Å². The Balaban J connectivity index is 1.40. The van der Waals surface area contributed by atoms with Crippen molar-refractivity contribution in [2.45, 2.75) is 31.7 Å². The minimum atomic E-state index is 0.334. The first-order chi connectivity index (χ1) is 13.7. The maximum Gasteiger partial charge on any atom is 0.115 e. The highest BCUT2D eigenvalue weighted by Crippen LogP contribution is 2.30. The zero-order valence-corrected chi connectivity index (χ0v) is 16.6. The van der Waals surface area contributed by atoms with Crippen LogP contribution in [0.25, 0.3) is 11.0 Å². The van der Waals surface area contributed by atoms with Crippen molar-refractivity contribution in [3.63, 3.8) is 0 Å². The number of hydrogen-bond acceptors (Lipinski definition) is 4. The van der Waals surface area contributed by atoms with Gasteiger partial charge >= 0.3 is 0 Å². The number of benzene rings is 2. The molecule has 1 aliphatic rings. The second-order valence-electron chi connectivity index (χ2n) is 7.64. The van der Waals surface area contributed by atoms with Crippen molar-refractivity contribution in [3.05, 3.63) is 59.9 Å². The topological polar surface area (TPSA) is 50.5 Å². The molecule has 1 saturated heterocycles. The summed E-state index contributed by atoms with van der Waals surface area (Å²) in [5.74, 6) is 2.06. The molecule has 148 valence electrons. The van der Waals surface area contributed by atoms with Crippen LogP contribution in [0, 0.1) is 0 Å². The van der Waals surface area contributed by atoms with Crippen LogP contribution in [0.3, 0.4) is 0 Å². The SMILES string of the molecule is COCCn1c(C2CCN(CCc3ccc(O)cc3)CC2)nc2ccccc21. The van der Waals surface area contributed by atoms with Gasteiger partial charge in [0.15, 0.2) is 0 Å². The van der Waals surface area contributed by atoms with Gasteiger partial charge in [0, 0.05) is 26.1 Å². The highest BCUT2D eigenvalue weighted by Gasteiger charge is 2.25. The Hall–Kier alpha value is -2.37. The van der Waals surface area contributed by atoms with E-state index in [1.165, 1.54) is 16.9 Å². The van der Waals surface area contributed by atoms with E-state index in [9.17, 15) is 5.11 Å². The Labute approximate surface area is 166 Å². The number of rotatable bonds is 7. The summed E-state index contributed by atoms with van der Waals surface area (Å²) in [6.45, 7) is 4.84. The first-order valence-electron chi connectivity index (χ1n) is 10.2. The molecular weight excluding hydrogens is 350 g/mol. The summed E-state index contributed by atoms with van der Waals surface area (Å²) in [6, 6.07) is 16.0. The fourth-order valence-electron chi connectivity index (χ4n) is 4.19. The maximum absolute atomic E-state index is 9.41. The molecule has 28 heavy (non-hydrogen) atoms. The summed E-state index contributed by atoms with van der Waals surface area (Å²) in [4.78, 5) is 7.53. The molecule has 3 aromatic rings. The molecule has 0 amide bonds. The molecule has 1 aromatic heterocycles. The van der Waals surface area contributed by atoms with Crippen LogP contribution in [-0.2, 0) is 17.7 Å². The molecular formula is C23H29N3O2. The summed E-state index contributed by atoms with van der Waals surface area (Å²) in [5, 5.41) is 9.41. The van der Waals surface area contributed by atoms with E-state index in [-0.39, 0.29) is 0 Å². The number of aromatic hydroxyl groups is 1. The van der Waals surface area contributed by atoms with E-state index in [1.54, 1.807) is 19.2 Å². The number of aromatic nitrogens is 2. The number of ether oxygens (including phenoxy) is 1. The lowest BCUT2D eigenvalue weighted by Crippen LogP contribution is -2.35. The number of likely N-dealkylation sites (tertiary alicyclic amines) is 1. The normalized spacial score (nSPS) is 16.0. The van der Waals surface area contributed by atoms with Gasteiger partial charge in [-0.15, -0.1) is 0 Å². The van der Waals surface area contributed by atoms with Gasteiger partial charge in [-0.2, -0.15) is 0 Å². The number of nitrogens with zero attached hydrogens (tertiary/aromatic N) is 3. The number of phenols is 1. The standard InChI is InChI=1S/C23H29N3O2/c1-28-17-16-26-22-5-3-2-4-21(22)24-23(26)19-11-14-25(15-12-19)13-10-18-6-8-20(27)9-7-18/h2-9,19,27H,10-17H2,1H3. The Kier molecular flexibility index (Phi) is 5.93. The van der Waals surface area contributed by atoms with E-state index < -0.39 is 0 Å². The number of methoxy groups -OCH3 is 1. The van der Waals surface area contributed by atoms with Crippen molar-refractivity contribution in [2.75, 3.05) is 33.4 Å². The molecule has 0 spiro atoms. The van der Waals surface area contributed by atoms with Crippen LogP contribution in [0.4, 0.5) is 0 Å². The van der Waals surface area contributed by atoms with Gasteiger partial charge in [-0.1, -0.05) is 24.3 Å². The first kappa shape index (κ1) is 19.0. The van der Waals surface area contributed by atoms with Crippen molar-refractivity contribution in [2.24, 2.45) is 0 Å². The molecule has 1 fully saturated rings. The van der Waals surface area contributed by atoms with E-state index in [2.05, 4.69) is 33.7 Å². The average molecular weight is 380 g/mol. The lowest BCUT2D eigenvalue weighted by molar-refractivity contribution is 0.183. The lowest BCUT2D eigenvalue weighted by atomic mass is 9.95. The molecule has 0 bridgehead atoms. The van der Waals surface area contributed by atoms with Gasteiger partial charge in [0.1, 0.15) is 11.6 Å². The second kappa shape index (κ2) is 8.76. The van der Waals surface area contributed by atoms with Gasteiger partial charge in [0.05, 0.1) is 17.6 Å². The largest absolute Gasteiger partial charge is 0.508 e. The van der Waals surface area contributed by atoms with Crippen molar-refractivity contribution >= 4 is 11.0 Å². The molecule has 4 rings (SSSR count). The van der Waals surface area contributed by atoms with E-state index in [0.717, 1.165) is 51.0 Å². The number of fused-ring (bicyclic) bond motifs is 1. The van der Waals surface area contributed by atoms with Crippen LogP contribution in [0.15, 0.2) is 48.5 Å². The van der Waals surface area contributed by atoms with E-state index in [0.29, 0.717) is 18.3 Å². The summed E-state index contributed by atoms with van der Waals surface area (Å²) < 4.78 is 7.69. The van der Waals surface area contributed by atoms with Gasteiger partial charge in [-0.25, -0.2) is 4.98 Å². The van der Waals surface area contributed by atoms with Crippen molar-refractivity contribution in [3.8, 4) is 5.75 Å². The molecule has 5 nitrogen and oxygen atoms in total. The summed E-state index contributed by atoms with van der Waals surface area (Å²) in [7, 11) is 1.76. The quantitative estimate of drug-likeness (QED) is 0.678. The molecule has 2 aromatic carbocycles. The zero-order chi connectivity index (χ0) is 19.3. The Morgan fingerprint density at radius 1 is 1.04 bits per heavy atom. The molecule has 5 heteroatoms. The highest BCUT2D eigenvalue weighted by atomic mass is 16.5. The second-order valence-corrected chi connectivity index (χ2v) is 7.64. The van der Waals surface area contributed by atoms with Crippen LogP contribution in [-0.4, -0.2) is 52.9 Å². The molecule has 2 heterocycles. The summed E-state index contributed by atoms with van der Waals surface area (Å²) in [5.41, 5.74) is 3.58. The number of para-hydroxylation sites is 2. The minimum Gasteiger partial charge on any atom is -0.508 e. The van der Waals surface area contributed by atoms with Crippen LogP contribution in [0.5, 0.6) is 5.75 Å². The van der Waals surface area contributed by atoms with Crippen molar-refractivity contribution in [1.82, 2.24) is 14.5 Å². The number of piperidine rings is 1. The Morgan fingerprint density at radius 2 is 1.79 bits per heavy atom. The molecule has 0 radical (unpaired) electrons. The monoisotopic (exact) mass is 379 g/mol. The van der Waals surface area contributed by atoms with Crippen LogP contribution >= 0.6 is 0 Å². The Bertz CT molecular complexity index is 896. The third-order valence-corrected chi connectivity index (χ3v) is 5.81. The van der Waals surface area contributed by atoms with Crippen LogP contribution in [0.2, 0.25) is 0 Å². The first-order valence-corrected chi connectivity index (χ1v) is 10.2. The molecule has 0 atom stereocenters. The molecule has 1 N–H and O–H groups in total. The Morgan fingerprint density at radius 3 is 2.54 bits per heavy atom. The number of phenolic OH excluding ortho intramolecular Hbond substituents is 1. The third-order valence-electron chi connectivity index (χ3n) is 5.81. The minimum absolute atomic E-state index is 0.334. The molecule has 0 unspecified atom stereocenters. The number of hydrogen-bond donors (Lipinski definition) is 1. The van der Waals surface area contributed by atoms with Gasteiger partial charge in [0.2, 0.25) is 0 Å². The number of imidazole rings is 1. The third kappa shape index (κ3) is 4.21. The van der Waals surface area contributed by atoms with Crippen LogP contribution in [0.1, 0.15) is 30.1 Å². The van der Waals surface area contributed by atoms with Crippen molar-refractivity contribution < 1.29 is 9.84 Å². The molecule has 0 saturated carbocycles. The van der Waals surface area contributed by atoms with Crippen molar-refractivity contribution in [1.29, 1.82) is 0 Å². The summed E-state index contributed by atoms with van der Waals surface area (Å²) in [6.07, 6.45) is 3.31. The predicted molar refractivity (Wildman–Crippen MR) is 112 cm³/mol. The summed E-state index contributed by atoms with van der Waals surface area (Å²) >= 11 is 0. The van der Waals surface area contributed by atoms with Gasteiger partial charge in [-0.05, 0) is 62.2 Å². The predicted octanol–water partition coefficient (Wildman–Crippen LogP) is 3.81. The van der Waals surface area contributed by atoms with Crippen LogP contribution < -0.4 is 0 Å². The van der Waals surface area contributed by atoms with E-state index in [4.69, 9.17) is 9.72 Å². The lowest BCUT2D eigenvalue weighted by Gasteiger charge is -2.32. The zero-order valence-electron chi connectivity index (χ0n) is 16.6. The van der Waals surface area contributed by atoms with E-state index >= 15 is 0 Å². The average Bonchev–Trinajstić information content (AvgIpc) is 3.11. The highest BCUT2D eigenvalue weighted by molar-refractivity contribution is 5.76. The molecule has 1 aliphatic heterocycles. The fraction of sp³-hybridized carbons (Fsp3) is 0.435. The molecule has 0 aliphatic carbocycles. The maximum atomic E-state index is 9.41.